The van der Waals surface area contributed by atoms with Crippen molar-refractivity contribution in [2.75, 3.05) is 33.7 Å². The lowest BCUT2D eigenvalue weighted by Gasteiger charge is -2.17. The second kappa shape index (κ2) is 13.5. The van der Waals surface area contributed by atoms with E-state index in [-0.39, 0.29) is 0 Å². The maximum absolute atomic E-state index is 11.9. The molecular formula is C15H35N3O2S. The van der Waals surface area contributed by atoms with Crippen molar-refractivity contribution in [1.82, 2.24) is 14.3 Å². The second-order valence-corrected chi connectivity index (χ2v) is 7.52. The van der Waals surface area contributed by atoms with E-state index in [1.54, 1.807) is 7.05 Å². The summed E-state index contributed by atoms with van der Waals surface area (Å²) in [7, 11) is 0.211. The van der Waals surface area contributed by atoms with Crippen LogP contribution in [0.4, 0.5) is 0 Å². The molecule has 0 radical (unpaired) electrons. The Balaban J connectivity index is 3.56. The molecule has 0 saturated heterocycles. The lowest BCUT2D eigenvalue weighted by Crippen LogP contribution is -2.39. The number of hydrogen-bond donors (Lipinski definition) is 2. The van der Waals surface area contributed by atoms with Crippen LogP contribution < -0.4 is 10.0 Å². The molecular weight excluding hydrogens is 286 g/mol. The average molecular weight is 322 g/mol. The van der Waals surface area contributed by atoms with Crippen LogP contribution in [0.25, 0.3) is 0 Å². The molecule has 0 aliphatic rings. The Labute approximate surface area is 132 Å². The summed E-state index contributed by atoms with van der Waals surface area (Å²) in [6, 6.07) is 0. The average Bonchev–Trinajstić information content (AvgIpc) is 2.45. The fourth-order valence-electron chi connectivity index (χ4n) is 2.17. The van der Waals surface area contributed by atoms with Gasteiger partial charge in [0.15, 0.2) is 0 Å². The monoisotopic (exact) mass is 321 g/mol. The first kappa shape index (κ1) is 20.8. The van der Waals surface area contributed by atoms with E-state index < -0.39 is 10.2 Å². The smallest absolute Gasteiger partial charge is 0.279 e. The summed E-state index contributed by atoms with van der Waals surface area (Å²) in [5.74, 6) is 0. The summed E-state index contributed by atoms with van der Waals surface area (Å²) in [6.45, 7) is 4.15. The molecule has 21 heavy (non-hydrogen) atoms. The van der Waals surface area contributed by atoms with Crippen molar-refractivity contribution in [2.24, 2.45) is 0 Å². The molecule has 0 heterocycles. The Morgan fingerprint density at radius 3 is 2.00 bits per heavy atom. The van der Waals surface area contributed by atoms with Crippen LogP contribution in [0.1, 0.15) is 64.7 Å². The molecule has 0 aliphatic carbocycles. The third-order valence-corrected chi connectivity index (χ3v) is 5.20. The van der Waals surface area contributed by atoms with Crippen LogP contribution in [0.5, 0.6) is 0 Å². The van der Waals surface area contributed by atoms with E-state index >= 15 is 0 Å². The lowest BCUT2D eigenvalue weighted by atomic mass is 10.1. The van der Waals surface area contributed by atoms with Crippen molar-refractivity contribution in [3.05, 3.63) is 0 Å². The molecule has 0 spiro atoms. The third kappa shape index (κ3) is 12.1. The van der Waals surface area contributed by atoms with Gasteiger partial charge < -0.3 is 5.32 Å². The number of nitrogens with one attached hydrogen (secondary N) is 2. The van der Waals surface area contributed by atoms with Gasteiger partial charge >= 0.3 is 0 Å². The van der Waals surface area contributed by atoms with Gasteiger partial charge in [-0.2, -0.15) is 12.7 Å². The van der Waals surface area contributed by atoms with Crippen molar-refractivity contribution in [1.29, 1.82) is 0 Å². The van der Waals surface area contributed by atoms with E-state index in [1.165, 1.54) is 42.8 Å². The van der Waals surface area contributed by atoms with Crippen molar-refractivity contribution in [3.8, 4) is 0 Å². The SMILES string of the molecule is CCCCCCCCCCNS(=O)(=O)N(C)CCCNC. The second-order valence-electron chi connectivity index (χ2n) is 5.65. The van der Waals surface area contributed by atoms with Crippen molar-refractivity contribution >= 4 is 10.2 Å². The van der Waals surface area contributed by atoms with Crippen molar-refractivity contribution in [2.45, 2.75) is 64.7 Å². The quantitative estimate of drug-likeness (QED) is 0.456. The minimum absolute atomic E-state index is 0.549. The van der Waals surface area contributed by atoms with E-state index in [9.17, 15) is 8.42 Å². The van der Waals surface area contributed by atoms with Gasteiger partial charge in [0.25, 0.3) is 10.2 Å². The van der Waals surface area contributed by atoms with Gasteiger partial charge in [0.05, 0.1) is 0 Å². The maximum Gasteiger partial charge on any atom is 0.279 e. The molecule has 0 aromatic carbocycles. The van der Waals surface area contributed by atoms with Crippen LogP contribution in [0.15, 0.2) is 0 Å². The summed E-state index contributed by atoms with van der Waals surface area (Å²) >= 11 is 0. The number of nitrogens with zero attached hydrogens (tertiary/aromatic N) is 1. The van der Waals surface area contributed by atoms with Crippen LogP contribution in [-0.2, 0) is 10.2 Å². The van der Waals surface area contributed by atoms with Crippen molar-refractivity contribution in [3.63, 3.8) is 0 Å². The molecule has 6 heteroatoms. The summed E-state index contributed by atoms with van der Waals surface area (Å²) < 4.78 is 27.9. The highest BCUT2D eigenvalue weighted by molar-refractivity contribution is 7.87. The van der Waals surface area contributed by atoms with Gasteiger partial charge in [0.2, 0.25) is 0 Å². The van der Waals surface area contributed by atoms with E-state index in [0.717, 1.165) is 25.8 Å². The van der Waals surface area contributed by atoms with E-state index in [4.69, 9.17) is 0 Å². The molecule has 0 amide bonds. The molecule has 0 aromatic heterocycles. The van der Waals surface area contributed by atoms with Crippen molar-refractivity contribution < 1.29 is 8.42 Å². The predicted octanol–water partition coefficient (Wildman–Crippen LogP) is 2.50. The van der Waals surface area contributed by atoms with Crippen LogP contribution >= 0.6 is 0 Å². The highest BCUT2D eigenvalue weighted by Crippen LogP contribution is 2.08. The molecule has 0 rings (SSSR count). The molecule has 128 valence electrons. The molecule has 0 bridgehead atoms. The first-order valence-corrected chi connectivity index (χ1v) is 9.84. The van der Waals surface area contributed by atoms with Gasteiger partial charge in [-0.25, -0.2) is 4.72 Å². The topological polar surface area (TPSA) is 61.4 Å². The lowest BCUT2D eigenvalue weighted by molar-refractivity contribution is 0.446. The normalized spacial score (nSPS) is 12.2. The van der Waals surface area contributed by atoms with Crippen LogP contribution in [0, 0.1) is 0 Å². The standard InChI is InChI=1S/C15H35N3O2S/c1-4-5-6-7-8-9-10-11-14-17-21(19,20)18(3)15-12-13-16-2/h16-17H,4-15H2,1-3H3. The molecule has 0 fully saturated rings. The van der Waals surface area contributed by atoms with Crippen LogP contribution in [-0.4, -0.2) is 46.5 Å². The first-order valence-electron chi connectivity index (χ1n) is 8.40. The third-order valence-electron chi connectivity index (χ3n) is 3.62. The fourth-order valence-corrected chi connectivity index (χ4v) is 3.16. The summed E-state index contributed by atoms with van der Waals surface area (Å²) in [6.07, 6.45) is 10.6. The molecule has 2 N–H and O–H groups in total. The van der Waals surface area contributed by atoms with Crippen LogP contribution in [0.2, 0.25) is 0 Å². The summed E-state index contributed by atoms with van der Waals surface area (Å²) in [4.78, 5) is 0. The zero-order valence-electron chi connectivity index (χ0n) is 14.2. The van der Waals surface area contributed by atoms with Crippen LogP contribution in [0.3, 0.4) is 0 Å². The largest absolute Gasteiger partial charge is 0.320 e. The van der Waals surface area contributed by atoms with Gasteiger partial charge in [-0.1, -0.05) is 51.9 Å². The van der Waals surface area contributed by atoms with Gasteiger partial charge in [-0.05, 0) is 26.4 Å². The fraction of sp³-hybridized carbons (Fsp3) is 1.00. The Hall–Kier alpha value is -0.170. The van der Waals surface area contributed by atoms with Gasteiger partial charge in [0, 0.05) is 20.1 Å². The minimum atomic E-state index is -3.29. The zero-order chi connectivity index (χ0) is 16.0. The highest BCUT2D eigenvalue weighted by atomic mass is 32.2. The Morgan fingerprint density at radius 1 is 0.857 bits per heavy atom. The first-order chi connectivity index (χ1) is 10.0. The molecule has 0 aliphatic heterocycles. The molecule has 0 saturated carbocycles. The van der Waals surface area contributed by atoms with E-state index in [0.29, 0.717) is 13.1 Å². The molecule has 5 nitrogen and oxygen atoms in total. The van der Waals surface area contributed by atoms with Gasteiger partial charge in [0.1, 0.15) is 0 Å². The Morgan fingerprint density at radius 2 is 1.43 bits per heavy atom. The number of hydrogen-bond acceptors (Lipinski definition) is 3. The minimum Gasteiger partial charge on any atom is -0.320 e. The Bertz CT molecular complexity index is 321. The van der Waals surface area contributed by atoms with E-state index in [1.807, 2.05) is 7.05 Å². The van der Waals surface area contributed by atoms with Gasteiger partial charge in [-0.15, -0.1) is 0 Å². The molecule has 0 aromatic rings. The summed E-state index contributed by atoms with van der Waals surface area (Å²) in [5.41, 5.74) is 0. The molecule has 0 unspecified atom stereocenters. The maximum atomic E-state index is 11.9. The summed E-state index contributed by atoms with van der Waals surface area (Å²) in [5, 5.41) is 3.02. The molecule has 0 atom stereocenters. The van der Waals surface area contributed by atoms with E-state index in [2.05, 4.69) is 17.0 Å². The predicted molar refractivity (Wildman–Crippen MR) is 90.7 cm³/mol. The highest BCUT2D eigenvalue weighted by Gasteiger charge is 2.15. The zero-order valence-corrected chi connectivity index (χ0v) is 15.0. The number of unbranched alkanes of at least 4 members (excludes halogenated alkanes) is 7. The Kier molecular flexibility index (Phi) is 13.4. The number of rotatable bonds is 15. The van der Waals surface area contributed by atoms with Gasteiger partial charge in [-0.3, -0.25) is 0 Å².